The molecule has 0 amide bonds. The quantitative estimate of drug-likeness (QED) is 0.707. The number of benzene rings is 2. The lowest BCUT2D eigenvalue weighted by molar-refractivity contribution is -0.140. The highest BCUT2D eigenvalue weighted by atomic mass is 32.2. The third-order valence-electron chi connectivity index (χ3n) is 5.85. The molecular weight excluding hydrogens is 370 g/mol. The van der Waals surface area contributed by atoms with Gasteiger partial charge in [0.15, 0.2) is 0 Å². The van der Waals surface area contributed by atoms with Crippen molar-refractivity contribution in [2.45, 2.75) is 48.4 Å². The molecule has 3 aromatic rings. The van der Waals surface area contributed by atoms with Gasteiger partial charge in [-0.3, -0.25) is 9.36 Å². The molecular formula is C23H21NO3S. The Balaban J connectivity index is 1.67. The summed E-state index contributed by atoms with van der Waals surface area (Å²) >= 11 is 1.55. The Morgan fingerprint density at radius 1 is 1.14 bits per heavy atom. The van der Waals surface area contributed by atoms with Gasteiger partial charge in [0, 0.05) is 11.3 Å². The van der Waals surface area contributed by atoms with Crippen molar-refractivity contribution in [3.8, 4) is 0 Å². The first kappa shape index (κ1) is 17.6. The zero-order chi connectivity index (χ0) is 19.4. The SMILES string of the molecule is C[C@H]1Sc2c(C3CC3)c(Cc3cccc4ccccc34)cc(=O)n2[C@@H]1C(=O)O. The summed E-state index contributed by atoms with van der Waals surface area (Å²) in [6.45, 7) is 1.90. The number of carbonyl (C=O) groups is 1. The van der Waals surface area contributed by atoms with Gasteiger partial charge in [0.1, 0.15) is 6.04 Å². The number of carboxylic acid groups (broad SMARTS) is 1. The topological polar surface area (TPSA) is 59.3 Å². The fourth-order valence-electron chi connectivity index (χ4n) is 4.42. The van der Waals surface area contributed by atoms with E-state index in [2.05, 4.69) is 30.3 Å². The van der Waals surface area contributed by atoms with Gasteiger partial charge >= 0.3 is 5.97 Å². The van der Waals surface area contributed by atoms with Gasteiger partial charge in [0.25, 0.3) is 5.56 Å². The number of fused-ring (bicyclic) bond motifs is 2. The predicted octanol–water partition coefficient (Wildman–Crippen LogP) is 4.59. The summed E-state index contributed by atoms with van der Waals surface area (Å²) in [5.41, 5.74) is 3.27. The zero-order valence-electron chi connectivity index (χ0n) is 15.6. The van der Waals surface area contributed by atoms with Gasteiger partial charge in [0.2, 0.25) is 0 Å². The first-order valence-corrected chi connectivity index (χ1v) is 10.6. The molecule has 0 spiro atoms. The third-order valence-corrected chi connectivity index (χ3v) is 7.12. The van der Waals surface area contributed by atoms with Crippen LogP contribution in [-0.4, -0.2) is 20.9 Å². The molecule has 142 valence electrons. The summed E-state index contributed by atoms with van der Waals surface area (Å²) in [6, 6.07) is 15.5. The van der Waals surface area contributed by atoms with Gasteiger partial charge in [-0.1, -0.05) is 49.4 Å². The lowest BCUT2D eigenvalue weighted by Gasteiger charge is -2.17. The Bertz CT molecular complexity index is 1160. The highest BCUT2D eigenvalue weighted by Gasteiger charge is 2.41. The van der Waals surface area contributed by atoms with Crippen molar-refractivity contribution >= 4 is 28.5 Å². The second-order valence-electron chi connectivity index (χ2n) is 7.79. The van der Waals surface area contributed by atoms with E-state index in [0.717, 1.165) is 23.4 Å². The van der Waals surface area contributed by atoms with Crippen molar-refractivity contribution in [3.63, 3.8) is 0 Å². The minimum absolute atomic E-state index is 0.143. The Labute approximate surface area is 167 Å². The molecule has 0 bridgehead atoms. The second-order valence-corrected chi connectivity index (χ2v) is 9.16. The fraction of sp³-hybridized carbons (Fsp3) is 0.304. The van der Waals surface area contributed by atoms with Gasteiger partial charge in [0.05, 0.1) is 5.03 Å². The number of carboxylic acids is 1. The average Bonchev–Trinajstić information content (AvgIpc) is 3.43. The number of rotatable bonds is 4. The van der Waals surface area contributed by atoms with Crippen LogP contribution in [0.2, 0.25) is 0 Å². The molecule has 2 aromatic carbocycles. The molecule has 0 unspecified atom stereocenters. The maximum absolute atomic E-state index is 12.9. The van der Waals surface area contributed by atoms with Crippen LogP contribution in [0.1, 0.15) is 48.4 Å². The molecule has 0 radical (unpaired) electrons. The third kappa shape index (κ3) is 2.76. The highest BCUT2D eigenvalue weighted by Crippen LogP contribution is 2.50. The fourth-order valence-corrected chi connectivity index (χ4v) is 5.88. The molecule has 2 heterocycles. The summed E-state index contributed by atoms with van der Waals surface area (Å²) in [5.74, 6) is -0.483. The molecule has 5 rings (SSSR count). The Morgan fingerprint density at radius 2 is 1.89 bits per heavy atom. The van der Waals surface area contributed by atoms with Crippen molar-refractivity contribution in [3.05, 3.63) is 75.6 Å². The van der Waals surface area contributed by atoms with Crippen molar-refractivity contribution in [1.82, 2.24) is 4.57 Å². The highest BCUT2D eigenvalue weighted by molar-refractivity contribution is 8.00. The van der Waals surface area contributed by atoms with Crippen LogP contribution in [0.25, 0.3) is 10.8 Å². The summed E-state index contributed by atoms with van der Waals surface area (Å²) in [4.78, 5) is 24.7. The summed E-state index contributed by atoms with van der Waals surface area (Å²) < 4.78 is 1.53. The average molecular weight is 391 g/mol. The van der Waals surface area contributed by atoms with E-state index in [4.69, 9.17) is 0 Å². The van der Waals surface area contributed by atoms with E-state index in [0.29, 0.717) is 12.3 Å². The molecule has 1 aromatic heterocycles. The van der Waals surface area contributed by atoms with Crippen LogP contribution in [0, 0.1) is 0 Å². The van der Waals surface area contributed by atoms with Gasteiger partial charge in [-0.05, 0) is 52.6 Å². The summed E-state index contributed by atoms with van der Waals surface area (Å²) in [6.07, 6.45) is 2.92. The normalized spacial score (nSPS) is 21.0. The van der Waals surface area contributed by atoms with E-state index in [1.165, 1.54) is 26.5 Å². The first-order chi connectivity index (χ1) is 13.5. The van der Waals surface area contributed by atoms with Crippen LogP contribution in [0.15, 0.2) is 58.4 Å². The second kappa shape index (κ2) is 6.52. The lowest BCUT2D eigenvalue weighted by Crippen LogP contribution is -2.31. The number of pyridine rings is 1. The Hall–Kier alpha value is -2.53. The number of thioether (sulfide) groups is 1. The summed E-state index contributed by atoms with van der Waals surface area (Å²) in [5, 5.41) is 12.8. The maximum Gasteiger partial charge on any atom is 0.328 e. The zero-order valence-corrected chi connectivity index (χ0v) is 16.4. The number of aliphatic carboxylic acids is 1. The molecule has 1 aliphatic carbocycles. The number of nitrogens with zero attached hydrogens (tertiary/aromatic N) is 1. The standard InChI is InChI=1S/C23H21NO3S/c1-13-21(23(26)27)24-19(25)12-17(20(15-9-10-15)22(24)28-13)11-16-7-4-6-14-5-2-3-8-18(14)16/h2-8,12-13,15,21H,9-11H2,1H3,(H,26,27)/t13-,21+/m1/s1. The lowest BCUT2D eigenvalue weighted by atomic mass is 9.95. The predicted molar refractivity (Wildman–Crippen MR) is 111 cm³/mol. The van der Waals surface area contributed by atoms with E-state index in [9.17, 15) is 14.7 Å². The van der Waals surface area contributed by atoms with E-state index >= 15 is 0 Å². The minimum Gasteiger partial charge on any atom is -0.480 e. The molecule has 5 heteroatoms. The van der Waals surface area contributed by atoms with Gasteiger partial charge in [-0.25, -0.2) is 4.79 Å². The van der Waals surface area contributed by atoms with Crippen LogP contribution < -0.4 is 5.56 Å². The van der Waals surface area contributed by atoms with Crippen molar-refractivity contribution in [1.29, 1.82) is 0 Å². The van der Waals surface area contributed by atoms with Gasteiger partial charge in [-0.2, -0.15) is 0 Å². The number of hydrogen-bond acceptors (Lipinski definition) is 3. The monoisotopic (exact) mass is 391 g/mol. The molecule has 1 N–H and O–H groups in total. The van der Waals surface area contributed by atoms with Crippen LogP contribution in [0.4, 0.5) is 0 Å². The smallest absolute Gasteiger partial charge is 0.328 e. The van der Waals surface area contributed by atoms with Gasteiger partial charge in [-0.15, -0.1) is 11.8 Å². The van der Waals surface area contributed by atoms with Crippen molar-refractivity contribution < 1.29 is 9.90 Å². The summed E-state index contributed by atoms with van der Waals surface area (Å²) in [7, 11) is 0. The molecule has 0 saturated heterocycles. The Kier molecular flexibility index (Phi) is 4.09. The maximum atomic E-state index is 12.9. The van der Waals surface area contributed by atoms with Crippen LogP contribution in [0.5, 0.6) is 0 Å². The number of aromatic nitrogens is 1. The molecule has 1 fully saturated rings. The van der Waals surface area contributed by atoms with Crippen molar-refractivity contribution in [2.75, 3.05) is 0 Å². The molecule has 28 heavy (non-hydrogen) atoms. The minimum atomic E-state index is -0.926. The van der Waals surface area contributed by atoms with E-state index in [1.807, 2.05) is 19.1 Å². The molecule has 2 aliphatic rings. The van der Waals surface area contributed by atoms with Gasteiger partial charge < -0.3 is 5.11 Å². The van der Waals surface area contributed by atoms with E-state index in [-0.39, 0.29) is 10.8 Å². The molecule has 1 saturated carbocycles. The largest absolute Gasteiger partial charge is 0.480 e. The van der Waals surface area contributed by atoms with E-state index in [1.54, 1.807) is 17.8 Å². The van der Waals surface area contributed by atoms with Crippen LogP contribution >= 0.6 is 11.8 Å². The van der Waals surface area contributed by atoms with Crippen LogP contribution in [0.3, 0.4) is 0 Å². The first-order valence-electron chi connectivity index (χ1n) is 9.69. The number of hydrogen-bond donors (Lipinski definition) is 1. The van der Waals surface area contributed by atoms with E-state index < -0.39 is 12.0 Å². The molecule has 1 aliphatic heterocycles. The van der Waals surface area contributed by atoms with Crippen molar-refractivity contribution in [2.24, 2.45) is 0 Å². The molecule has 2 atom stereocenters. The Morgan fingerprint density at radius 3 is 2.64 bits per heavy atom. The molecule has 4 nitrogen and oxygen atoms in total. The van der Waals surface area contributed by atoms with Crippen LogP contribution in [-0.2, 0) is 11.2 Å².